The number of aromatic amines is 1. The predicted octanol–water partition coefficient (Wildman–Crippen LogP) is 3.44. The SMILES string of the molecule is COc1ccc(NC(=O)c2cc3cccc(OC)c3[nH]2)cc1. The average molecular weight is 296 g/mol. The average Bonchev–Trinajstić information content (AvgIpc) is 2.99. The number of anilines is 1. The van der Waals surface area contributed by atoms with Gasteiger partial charge in [-0.2, -0.15) is 0 Å². The first-order valence-corrected chi connectivity index (χ1v) is 6.82. The van der Waals surface area contributed by atoms with Gasteiger partial charge in [0.25, 0.3) is 5.91 Å². The van der Waals surface area contributed by atoms with Gasteiger partial charge in [-0.3, -0.25) is 4.79 Å². The Labute approximate surface area is 127 Å². The maximum atomic E-state index is 12.3. The van der Waals surface area contributed by atoms with Crippen molar-refractivity contribution in [2.75, 3.05) is 19.5 Å². The highest BCUT2D eigenvalue weighted by Gasteiger charge is 2.12. The molecule has 0 atom stereocenters. The maximum Gasteiger partial charge on any atom is 0.272 e. The molecular weight excluding hydrogens is 280 g/mol. The largest absolute Gasteiger partial charge is 0.497 e. The Morgan fingerprint density at radius 3 is 2.50 bits per heavy atom. The third-order valence-corrected chi connectivity index (χ3v) is 3.43. The first-order valence-electron chi connectivity index (χ1n) is 6.82. The summed E-state index contributed by atoms with van der Waals surface area (Å²) in [5.74, 6) is 1.25. The molecule has 2 aromatic carbocycles. The van der Waals surface area contributed by atoms with E-state index < -0.39 is 0 Å². The number of hydrogen-bond donors (Lipinski definition) is 2. The molecule has 0 unspecified atom stereocenters. The topological polar surface area (TPSA) is 63.4 Å². The van der Waals surface area contributed by atoms with Gasteiger partial charge in [-0.05, 0) is 36.4 Å². The quantitative estimate of drug-likeness (QED) is 0.775. The van der Waals surface area contributed by atoms with Gasteiger partial charge in [-0.15, -0.1) is 0 Å². The second-order valence-corrected chi connectivity index (χ2v) is 4.79. The summed E-state index contributed by atoms with van der Waals surface area (Å²) in [4.78, 5) is 15.4. The van der Waals surface area contributed by atoms with Crippen molar-refractivity contribution >= 4 is 22.5 Å². The van der Waals surface area contributed by atoms with Gasteiger partial charge < -0.3 is 19.8 Å². The summed E-state index contributed by atoms with van der Waals surface area (Å²) in [5.41, 5.74) is 2.00. The minimum absolute atomic E-state index is 0.205. The Hall–Kier alpha value is -2.95. The third kappa shape index (κ3) is 2.61. The van der Waals surface area contributed by atoms with Crippen molar-refractivity contribution in [2.45, 2.75) is 0 Å². The molecule has 0 radical (unpaired) electrons. The normalized spacial score (nSPS) is 10.5. The monoisotopic (exact) mass is 296 g/mol. The number of carbonyl (C=O) groups is 1. The van der Waals surface area contributed by atoms with Crippen LogP contribution >= 0.6 is 0 Å². The van der Waals surface area contributed by atoms with E-state index in [0.717, 1.165) is 16.7 Å². The maximum absolute atomic E-state index is 12.3. The number of nitrogens with one attached hydrogen (secondary N) is 2. The number of amides is 1. The van der Waals surface area contributed by atoms with Crippen molar-refractivity contribution in [1.82, 2.24) is 4.98 Å². The Morgan fingerprint density at radius 2 is 1.82 bits per heavy atom. The van der Waals surface area contributed by atoms with Gasteiger partial charge in [-0.1, -0.05) is 12.1 Å². The number of benzene rings is 2. The van der Waals surface area contributed by atoms with Crippen molar-refractivity contribution in [3.63, 3.8) is 0 Å². The molecule has 0 saturated heterocycles. The second-order valence-electron chi connectivity index (χ2n) is 4.79. The summed E-state index contributed by atoms with van der Waals surface area (Å²) in [5, 5.41) is 3.77. The number of rotatable bonds is 4. The molecule has 1 aromatic heterocycles. The molecule has 2 N–H and O–H groups in total. The zero-order valence-corrected chi connectivity index (χ0v) is 12.3. The Morgan fingerprint density at radius 1 is 1.05 bits per heavy atom. The lowest BCUT2D eigenvalue weighted by Crippen LogP contribution is -2.12. The summed E-state index contributed by atoms with van der Waals surface area (Å²) < 4.78 is 10.4. The van der Waals surface area contributed by atoms with Gasteiger partial charge in [-0.25, -0.2) is 0 Å². The van der Waals surface area contributed by atoms with Crippen LogP contribution in [-0.4, -0.2) is 25.1 Å². The Kier molecular flexibility index (Phi) is 3.70. The molecule has 0 saturated carbocycles. The third-order valence-electron chi connectivity index (χ3n) is 3.43. The smallest absolute Gasteiger partial charge is 0.272 e. The van der Waals surface area contributed by atoms with Gasteiger partial charge in [0.15, 0.2) is 0 Å². The summed E-state index contributed by atoms with van der Waals surface area (Å²) in [7, 11) is 3.21. The number of para-hydroxylation sites is 1. The number of H-pyrrole nitrogens is 1. The molecule has 0 fully saturated rings. The highest BCUT2D eigenvalue weighted by molar-refractivity contribution is 6.06. The zero-order chi connectivity index (χ0) is 15.5. The van der Waals surface area contributed by atoms with Crippen LogP contribution in [-0.2, 0) is 0 Å². The van der Waals surface area contributed by atoms with Crippen LogP contribution in [0.25, 0.3) is 10.9 Å². The van der Waals surface area contributed by atoms with Crippen LogP contribution in [0.3, 0.4) is 0 Å². The molecule has 3 rings (SSSR count). The zero-order valence-electron chi connectivity index (χ0n) is 12.3. The van der Waals surface area contributed by atoms with E-state index in [1.807, 2.05) is 18.2 Å². The fourth-order valence-corrected chi connectivity index (χ4v) is 2.29. The van der Waals surface area contributed by atoms with Gasteiger partial charge in [0.05, 0.1) is 19.7 Å². The molecule has 3 aromatic rings. The minimum Gasteiger partial charge on any atom is -0.497 e. The number of hydrogen-bond acceptors (Lipinski definition) is 3. The van der Waals surface area contributed by atoms with E-state index in [9.17, 15) is 4.79 Å². The number of carbonyl (C=O) groups excluding carboxylic acids is 1. The van der Waals surface area contributed by atoms with Crippen LogP contribution in [0.4, 0.5) is 5.69 Å². The predicted molar refractivity (Wildman–Crippen MR) is 85.8 cm³/mol. The summed E-state index contributed by atoms with van der Waals surface area (Å²) in [6.45, 7) is 0. The van der Waals surface area contributed by atoms with E-state index in [1.165, 1.54) is 0 Å². The first kappa shape index (κ1) is 14.0. The lowest BCUT2D eigenvalue weighted by Gasteiger charge is -2.05. The molecule has 1 heterocycles. The standard InChI is InChI=1S/C17H16N2O3/c1-21-13-8-6-12(7-9-13)18-17(20)14-10-11-4-3-5-15(22-2)16(11)19-14/h3-10,19H,1-2H3,(H,18,20). The number of methoxy groups -OCH3 is 2. The lowest BCUT2D eigenvalue weighted by atomic mass is 10.2. The van der Waals surface area contributed by atoms with E-state index in [0.29, 0.717) is 17.1 Å². The fraction of sp³-hybridized carbons (Fsp3) is 0.118. The molecule has 5 heteroatoms. The van der Waals surface area contributed by atoms with E-state index in [2.05, 4.69) is 10.3 Å². The van der Waals surface area contributed by atoms with Crippen molar-refractivity contribution < 1.29 is 14.3 Å². The highest BCUT2D eigenvalue weighted by Crippen LogP contribution is 2.25. The summed E-state index contributed by atoms with van der Waals surface area (Å²) >= 11 is 0. The first-order chi connectivity index (χ1) is 10.7. The summed E-state index contributed by atoms with van der Waals surface area (Å²) in [6.07, 6.45) is 0. The van der Waals surface area contributed by atoms with E-state index in [1.54, 1.807) is 44.6 Å². The van der Waals surface area contributed by atoms with Crippen molar-refractivity contribution in [3.8, 4) is 11.5 Å². The van der Waals surface area contributed by atoms with Crippen LogP contribution < -0.4 is 14.8 Å². The molecule has 112 valence electrons. The number of aromatic nitrogens is 1. The summed E-state index contributed by atoms with van der Waals surface area (Å²) in [6, 6.07) is 14.6. The number of fused-ring (bicyclic) bond motifs is 1. The molecule has 0 aliphatic rings. The highest BCUT2D eigenvalue weighted by atomic mass is 16.5. The molecule has 5 nitrogen and oxygen atoms in total. The van der Waals surface area contributed by atoms with Crippen LogP contribution in [0.5, 0.6) is 11.5 Å². The Bertz CT molecular complexity index is 806. The second kappa shape index (κ2) is 5.81. The molecular formula is C17H16N2O3. The fourth-order valence-electron chi connectivity index (χ4n) is 2.29. The lowest BCUT2D eigenvalue weighted by molar-refractivity contribution is 0.102. The van der Waals surface area contributed by atoms with Gasteiger partial charge >= 0.3 is 0 Å². The molecule has 0 bridgehead atoms. The Balaban J connectivity index is 1.85. The van der Waals surface area contributed by atoms with Crippen LogP contribution in [0, 0.1) is 0 Å². The van der Waals surface area contributed by atoms with Gasteiger partial charge in [0.2, 0.25) is 0 Å². The van der Waals surface area contributed by atoms with Crippen molar-refractivity contribution in [1.29, 1.82) is 0 Å². The van der Waals surface area contributed by atoms with Crippen LogP contribution in [0.2, 0.25) is 0 Å². The van der Waals surface area contributed by atoms with E-state index in [4.69, 9.17) is 9.47 Å². The van der Waals surface area contributed by atoms with Gasteiger partial charge in [0.1, 0.15) is 17.2 Å². The van der Waals surface area contributed by atoms with Crippen molar-refractivity contribution in [2.24, 2.45) is 0 Å². The number of ether oxygens (including phenoxy) is 2. The molecule has 0 aliphatic carbocycles. The molecule has 22 heavy (non-hydrogen) atoms. The van der Waals surface area contributed by atoms with Crippen LogP contribution in [0.1, 0.15) is 10.5 Å². The van der Waals surface area contributed by atoms with E-state index in [-0.39, 0.29) is 5.91 Å². The molecule has 0 aliphatic heterocycles. The molecule has 0 spiro atoms. The minimum atomic E-state index is -0.205. The van der Waals surface area contributed by atoms with E-state index >= 15 is 0 Å². The molecule has 1 amide bonds. The van der Waals surface area contributed by atoms with Crippen molar-refractivity contribution in [3.05, 3.63) is 54.2 Å². The van der Waals surface area contributed by atoms with Crippen LogP contribution in [0.15, 0.2) is 48.5 Å². The van der Waals surface area contributed by atoms with Gasteiger partial charge in [0, 0.05) is 11.1 Å².